The van der Waals surface area contributed by atoms with Gasteiger partial charge in [0.2, 0.25) is 0 Å². The number of thiol groups is 1. The second kappa shape index (κ2) is 7.35. The van der Waals surface area contributed by atoms with Gasteiger partial charge in [-0.05, 0) is 18.2 Å². The number of ether oxygens (including phenoxy) is 1. The fourth-order valence-corrected chi connectivity index (χ4v) is 1.68. The van der Waals surface area contributed by atoms with Crippen LogP contribution < -0.4 is 0 Å². The number of carbonyl (C=O) groups is 1. The molecule has 0 heterocycles. The molecule has 1 amide bonds. The van der Waals surface area contributed by atoms with E-state index in [1.54, 1.807) is 0 Å². The molecule has 0 aromatic heterocycles. The Kier molecular flexibility index (Phi) is 6.11. The SMILES string of the molecule is COCCN(CCO)C(=O)c1ccc(F)c(S)c1. The van der Waals surface area contributed by atoms with Gasteiger partial charge >= 0.3 is 0 Å². The molecular formula is C12H16FNO3S. The van der Waals surface area contributed by atoms with Gasteiger partial charge in [-0.1, -0.05) is 0 Å². The van der Waals surface area contributed by atoms with Gasteiger partial charge in [0.1, 0.15) is 5.82 Å². The van der Waals surface area contributed by atoms with Gasteiger partial charge in [-0.3, -0.25) is 4.79 Å². The average Bonchev–Trinajstić information content (AvgIpc) is 2.37. The molecule has 0 spiro atoms. The van der Waals surface area contributed by atoms with Gasteiger partial charge in [0, 0.05) is 30.7 Å². The molecule has 6 heteroatoms. The van der Waals surface area contributed by atoms with Gasteiger partial charge in [0.25, 0.3) is 5.91 Å². The van der Waals surface area contributed by atoms with E-state index < -0.39 is 5.82 Å². The lowest BCUT2D eigenvalue weighted by Crippen LogP contribution is -2.36. The lowest BCUT2D eigenvalue weighted by atomic mass is 10.2. The van der Waals surface area contributed by atoms with E-state index in [0.717, 1.165) is 0 Å². The maximum atomic E-state index is 13.1. The summed E-state index contributed by atoms with van der Waals surface area (Å²) in [6.45, 7) is 0.821. The average molecular weight is 273 g/mol. The predicted molar refractivity (Wildman–Crippen MR) is 68.5 cm³/mol. The van der Waals surface area contributed by atoms with Crippen LogP contribution in [0.15, 0.2) is 23.1 Å². The number of nitrogens with zero attached hydrogens (tertiary/aromatic N) is 1. The normalized spacial score (nSPS) is 10.4. The maximum absolute atomic E-state index is 13.1. The lowest BCUT2D eigenvalue weighted by Gasteiger charge is -2.21. The largest absolute Gasteiger partial charge is 0.395 e. The summed E-state index contributed by atoms with van der Waals surface area (Å²) in [5, 5.41) is 8.92. The number of methoxy groups -OCH3 is 1. The number of aliphatic hydroxyl groups is 1. The highest BCUT2D eigenvalue weighted by Crippen LogP contribution is 2.15. The maximum Gasteiger partial charge on any atom is 0.254 e. The van der Waals surface area contributed by atoms with Gasteiger partial charge in [-0.25, -0.2) is 4.39 Å². The first-order chi connectivity index (χ1) is 8.60. The van der Waals surface area contributed by atoms with E-state index in [2.05, 4.69) is 12.6 Å². The smallest absolute Gasteiger partial charge is 0.254 e. The summed E-state index contributed by atoms with van der Waals surface area (Å²) in [5.74, 6) is -0.753. The molecule has 0 saturated carbocycles. The first kappa shape index (κ1) is 14.9. The van der Waals surface area contributed by atoms with Crippen LogP contribution in [0, 0.1) is 5.82 Å². The van der Waals surface area contributed by atoms with Crippen molar-refractivity contribution in [2.45, 2.75) is 4.90 Å². The molecular weight excluding hydrogens is 257 g/mol. The first-order valence-corrected chi connectivity index (χ1v) is 5.92. The second-order valence-electron chi connectivity index (χ2n) is 3.67. The molecule has 0 aliphatic rings. The van der Waals surface area contributed by atoms with Crippen molar-refractivity contribution in [1.29, 1.82) is 0 Å². The third-order valence-corrected chi connectivity index (χ3v) is 2.76. The topological polar surface area (TPSA) is 49.8 Å². The Morgan fingerprint density at radius 1 is 1.50 bits per heavy atom. The van der Waals surface area contributed by atoms with Crippen molar-refractivity contribution in [3.8, 4) is 0 Å². The highest BCUT2D eigenvalue weighted by atomic mass is 32.1. The lowest BCUT2D eigenvalue weighted by molar-refractivity contribution is 0.0656. The predicted octanol–water partition coefficient (Wildman–Crippen LogP) is 1.20. The Bertz CT molecular complexity index is 414. The van der Waals surface area contributed by atoms with Crippen molar-refractivity contribution in [3.63, 3.8) is 0 Å². The molecule has 0 unspecified atom stereocenters. The highest BCUT2D eigenvalue weighted by Gasteiger charge is 2.16. The molecule has 0 fully saturated rings. The van der Waals surface area contributed by atoms with E-state index in [9.17, 15) is 9.18 Å². The van der Waals surface area contributed by atoms with Crippen molar-refractivity contribution in [1.82, 2.24) is 4.90 Å². The minimum absolute atomic E-state index is 0.122. The number of halogens is 1. The van der Waals surface area contributed by atoms with Crippen LogP contribution in [0.4, 0.5) is 4.39 Å². The molecule has 0 bridgehead atoms. The number of aliphatic hydroxyl groups excluding tert-OH is 1. The molecule has 0 atom stereocenters. The van der Waals surface area contributed by atoms with Gasteiger partial charge in [-0.15, -0.1) is 12.6 Å². The van der Waals surface area contributed by atoms with Crippen LogP contribution in [0.1, 0.15) is 10.4 Å². The number of hydrogen-bond donors (Lipinski definition) is 2. The van der Waals surface area contributed by atoms with Crippen molar-refractivity contribution < 1.29 is 19.0 Å². The monoisotopic (exact) mass is 273 g/mol. The fourth-order valence-electron chi connectivity index (χ4n) is 1.47. The molecule has 0 radical (unpaired) electrons. The Labute approximate surface area is 111 Å². The summed E-state index contributed by atoms with van der Waals surface area (Å²) in [7, 11) is 1.53. The van der Waals surface area contributed by atoms with E-state index in [1.165, 1.54) is 30.2 Å². The summed E-state index contributed by atoms with van der Waals surface area (Å²) in [6, 6.07) is 3.97. The molecule has 1 aromatic carbocycles. The quantitative estimate of drug-likeness (QED) is 0.766. The van der Waals surface area contributed by atoms with Crippen LogP contribution in [0.5, 0.6) is 0 Å². The molecule has 18 heavy (non-hydrogen) atoms. The zero-order chi connectivity index (χ0) is 13.5. The van der Waals surface area contributed by atoms with E-state index in [1.807, 2.05) is 0 Å². The van der Waals surface area contributed by atoms with Crippen molar-refractivity contribution >= 4 is 18.5 Å². The summed E-state index contributed by atoms with van der Waals surface area (Å²) in [6.07, 6.45) is 0. The zero-order valence-corrected chi connectivity index (χ0v) is 11.0. The molecule has 1 aromatic rings. The number of rotatable bonds is 6. The molecule has 0 saturated heterocycles. The van der Waals surface area contributed by atoms with Crippen LogP contribution in [-0.2, 0) is 4.74 Å². The van der Waals surface area contributed by atoms with Crippen LogP contribution in [0.25, 0.3) is 0 Å². The molecule has 1 N–H and O–H groups in total. The van der Waals surface area contributed by atoms with Gasteiger partial charge < -0.3 is 14.7 Å². The number of benzene rings is 1. The Hall–Kier alpha value is -1.11. The fraction of sp³-hybridized carbons (Fsp3) is 0.417. The van der Waals surface area contributed by atoms with E-state index in [-0.39, 0.29) is 24.0 Å². The van der Waals surface area contributed by atoms with E-state index in [0.29, 0.717) is 18.7 Å². The number of hydrogen-bond acceptors (Lipinski definition) is 4. The number of carbonyl (C=O) groups excluding carboxylic acids is 1. The summed E-state index contributed by atoms with van der Waals surface area (Å²) in [5.41, 5.74) is 0.339. The minimum atomic E-state index is -0.472. The van der Waals surface area contributed by atoms with E-state index in [4.69, 9.17) is 9.84 Å². The van der Waals surface area contributed by atoms with Gasteiger partial charge in [0.05, 0.1) is 13.2 Å². The zero-order valence-electron chi connectivity index (χ0n) is 10.1. The second-order valence-corrected chi connectivity index (χ2v) is 4.16. The standard InChI is InChI=1S/C12H16FNO3S/c1-17-7-5-14(4-6-15)12(16)9-2-3-10(13)11(18)8-9/h2-3,8,15,18H,4-7H2,1H3. The molecule has 100 valence electrons. The summed E-state index contributed by atoms with van der Waals surface area (Å²) in [4.78, 5) is 13.7. The van der Waals surface area contributed by atoms with Crippen LogP contribution in [0.2, 0.25) is 0 Å². The van der Waals surface area contributed by atoms with Gasteiger partial charge in [-0.2, -0.15) is 0 Å². The Morgan fingerprint density at radius 3 is 2.78 bits per heavy atom. The summed E-state index contributed by atoms with van der Waals surface area (Å²) < 4.78 is 17.9. The third kappa shape index (κ3) is 3.97. The van der Waals surface area contributed by atoms with Crippen molar-refractivity contribution in [2.75, 3.05) is 33.4 Å². The van der Waals surface area contributed by atoms with E-state index >= 15 is 0 Å². The minimum Gasteiger partial charge on any atom is -0.395 e. The molecule has 0 aliphatic carbocycles. The van der Waals surface area contributed by atoms with Crippen LogP contribution in [0.3, 0.4) is 0 Å². The summed E-state index contributed by atoms with van der Waals surface area (Å²) >= 11 is 3.93. The highest BCUT2D eigenvalue weighted by molar-refractivity contribution is 7.80. The molecule has 0 aliphatic heterocycles. The van der Waals surface area contributed by atoms with Crippen molar-refractivity contribution in [2.24, 2.45) is 0 Å². The molecule has 4 nitrogen and oxygen atoms in total. The first-order valence-electron chi connectivity index (χ1n) is 5.47. The van der Waals surface area contributed by atoms with Gasteiger partial charge in [0.15, 0.2) is 0 Å². The Balaban J connectivity index is 2.83. The van der Waals surface area contributed by atoms with Crippen molar-refractivity contribution in [3.05, 3.63) is 29.6 Å². The third-order valence-electron chi connectivity index (χ3n) is 2.42. The van der Waals surface area contributed by atoms with Crippen LogP contribution >= 0.6 is 12.6 Å². The van der Waals surface area contributed by atoms with Crippen LogP contribution in [-0.4, -0.2) is 49.3 Å². The Morgan fingerprint density at radius 2 is 2.22 bits per heavy atom. The number of amides is 1. The molecule has 1 rings (SSSR count).